The Morgan fingerprint density at radius 3 is 2.53 bits per heavy atom. The monoisotopic (exact) mass is 246 g/mol. The first kappa shape index (κ1) is 12.3. The number of benzene rings is 1. The van der Waals surface area contributed by atoms with Crippen molar-refractivity contribution in [1.82, 2.24) is 4.98 Å². The molecule has 0 spiro atoms. The molecule has 0 atom stereocenters. The molecule has 2 rings (SSSR count). The first-order valence-corrected chi connectivity index (χ1v) is 6.78. The topological polar surface area (TPSA) is 38.9 Å². The molecule has 0 aliphatic rings. The van der Waals surface area contributed by atoms with Gasteiger partial charge in [-0.1, -0.05) is 31.2 Å². The highest BCUT2D eigenvalue weighted by Gasteiger charge is 2.09. The van der Waals surface area contributed by atoms with Crippen molar-refractivity contribution in [2.45, 2.75) is 33.2 Å². The summed E-state index contributed by atoms with van der Waals surface area (Å²) in [5, 5.41) is 1.03. The molecule has 2 aromatic rings. The van der Waals surface area contributed by atoms with Gasteiger partial charge in [-0.2, -0.15) is 0 Å². The molecule has 1 heterocycles. The molecule has 2 nitrogen and oxygen atoms in total. The summed E-state index contributed by atoms with van der Waals surface area (Å²) in [6, 6.07) is 8.62. The maximum atomic E-state index is 5.63. The van der Waals surface area contributed by atoms with Crippen molar-refractivity contribution < 1.29 is 0 Å². The van der Waals surface area contributed by atoms with Gasteiger partial charge in [-0.15, -0.1) is 11.3 Å². The van der Waals surface area contributed by atoms with E-state index < -0.39 is 0 Å². The summed E-state index contributed by atoms with van der Waals surface area (Å²) >= 11 is 1.74. The number of hydrogen-bond acceptors (Lipinski definition) is 3. The molecule has 90 valence electrons. The molecule has 3 heteroatoms. The lowest BCUT2D eigenvalue weighted by Crippen LogP contribution is -1.94. The van der Waals surface area contributed by atoms with Crippen LogP contribution in [0.25, 0.3) is 0 Å². The van der Waals surface area contributed by atoms with Crippen LogP contribution in [0.2, 0.25) is 0 Å². The van der Waals surface area contributed by atoms with Gasteiger partial charge in [0.1, 0.15) is 5.01 Å². The SMILES string of the molecule is CCc1ccccc1Cc1sc(CN)nc1C. The van der Waals surface area contributed by atoms with Crippen LogP contribution >= 0.6 is 11.3 Å². The summed E-state index contributed by atoms with van der Waals surface area (Å²) < 4.78 is 0. The second-order valence-corrected chi connectivity index (χ2v) is 5.29. The zero-order valence-electron chi connectivity index (χ0n) is 10.4. The van der Waals surface area contributed by atoms with Crippen molar-refractivity contribution >= 4 is 11.3 Å². The molecule has 0 amide bonds. The first-order valence-electron chi connectivity index (χ1n) is 5.96. The quantitative estimate of drug-likeness (QED) is 0.900. The zero-order chi connectivity index (χ0) is 12.3. The van der Waals surface area contributed by atoms with E-state index in [2.05, 4.69) is 43.1 Å². The van der Waals surface area contributed by atoms with Crippen LogP contribution in [0, 0.1) is 6.92 Å². The predicted octanol–water partition coefficient (Wildman–Crippen LogP) is 3.06. The fourth-order valence-corrected chi connectivity index (χ4v) is 2.96. The molecular formula is C14H18N2S. The van der Waals surface area contributed by atoms with Crippen molar-refractivity contribution in [3.8, 4) is 0 Å². The molecule has 0 unspecified atom stereocenters. The number of hydrogen-bond donors (Lipinski definition) is 1. The average Bonchev–Trinajstić information content (AvgIpc) is 2.71. The molecule has 0 fully saturated rings. The Bertz CT molecular complexity index is 503. The van der Waals surface area contributed by atoms with Crippen molar-refractivity contribution in [2.75, 3.05) is 0 Å². The van der Waals surface area contributed by atoms with Gasteiger partial charge < -0.3 is 5.73 Å². The third-order valence-electron chi connectivity index (χ3n) is 2.96. The maximum Gasteiger partial charge on any atom is 0.107 e. The van der Waals surface area contributed by atoms with E-state index in [-0.39, 0.29) is 0 Å². The minimum absolute atomic E-state index is 0.543. The van der Waals surface area contributed by atoms with E-state index in [0.717, 1.165) is 23.5 Å². The molecule has 1 aromatic heterocycles. The Balaban J connectivity index is 2.27. The molecule has 0 aliphatic heterocycles. The van der Waals surface area contributed by atoms with E-state index in [4.69, 9.17) is 5.73 Å². The minimum atomic E-state index is 0.543. The van der Waals surface area contributed by atoms with Gasteiger partial charge in [0.05, 0.1) is 5.69 Å². The average molecular weight is 246 g/mol. The van der Waals surface area contributed by atoms with Gasteiger partial charge in [0.25, 0.3) is 0 Å². The fourth-order valence-electron chi connectivity index (χ4n) is 1.99. The Hall–Kier alpha value is -1.19. The summed E-state index contributed by atoms with van der Waals surface area (Å²) in [6.45, 7) is 4.81. The van der Waals surface area contributed by atoms with Gasteiger partial charge in [0, 0.05) is 17.8 Å². The van der Waals surface area contributed by atoms with Crippen molar-refractivity contribution in [1.29, 1.82) is 0 Å². The van der Waals surface area contributed by atoms with Gasteiger partial charge >= 0.3 is 0 Å². The molecule has 0 saturated carbocycles. The van der Waals surface area contributed by atoms with Gasteiger partial charge in [-0.3, -0.25) is 0 Å². The largest absolute Gasteiger partial charge is 0.325 e. The van der Waals surface area contributed by atoms with Gasteiger partial charge in [0.2, 0.25) is 0 Å². The Morgan fingerprint density at radius 2 is 1.94 bits per heavy atom. The second kappa shape index (κ2) is 5.43. The summed E-state index contributed by atoms with van der Waals surface area (Å²) in [5.74, 6) is 0. The lowest BCUT2D eigenvalue weighted by molar-refractivity contribution is 1.01. The summed E-state index contributed by atoms with van der Waals surface area (Å²) in [7, 11) is 0. The molecule has 0 aliphatic carbocycles. The summed E-state index contributed by atoms with van der Waals surface area (Å²) in [6.07, 6.45) is 2.06. The van der Waals surface area contributed by atoms with E-state index in [1.165, 1.54) is 16.0 Å². The smallest absolute Gasteiger partial charge is 0.107 e. The van der Waals surface area contributed by atoms with Crippen molar-refractivity contribution in [3.05, 3.63) is 51.0 Å². The highest BCUT2D eigenvalue weighted by atomic mass is 32.1. The van der Waals surface area contributed by atoms with Crippen molar-refractivity contribution in [2.24, 2.45) is 5.73 Å². The van der Waals surface area contributed by atoms with Gasteiger partial charge in [-0.25, -0.2) is 4.98 Å². The summed E-state index contributed by atoms with van der Waals surface area (Å²) in [5.41, 5.74) is 9.59. The van der Waals surface area contributed by atoms with E-state index in [9.17, 15) is 0 Å². The molecule has 2 N–H and O–H groups in total. The molecule has 0 bridgehead atoms. The minimum Gasteiger partial charge on any atom is -0.325 e. The van der Waals surface area contributed by atoms with E-state index in [0.29, 0.717) is 6.54 Å². The van der Waals surface area contributed by atoms with E-state index in [1.54, 1.807) is 11.3 Å². The van der Waals surface area contributed by atoms with Crippen LogP contribution in [-0.2, 0) is 19.4 Å². The number of nitrogens with two attached hydrogens (primary N) is 1. The fraction of sp³-hybridized carbons (Fsp3) is 0.357. The van der Waals surface area contributed by atoms with E-state index >= 15 is 0 Å². The number of rotatable bonds is 4. The molecule has 0 radical (unpaired) electrons. The lowest BCUT2D eigenvalue weighted by Gasteiger charge is -2.06. The second-order valence-electron chi connectivity index (χ2n) is 4.12. The van der Waals surface area contributed by atoms with E-state index in [1.807, 2.05) is 0 Å². The lowest BCUT2D eigenvalue weighted by atomic mass is 10.0. The van der Waals surface area contributed by atoms with Crippen LogP contribution in [0.1, 0.15) is 33.6 Å². The predicted molar refractivity (Wildman–Crippen MR) is 73.4 cm³/mol. The van der Waals surface area contributed by atoms with Crippen LogP contribution in [0.5, 0.6) is 0 Å². The molecule has 1 aromatic carbocycles. The maximum absolute atomic E-state index is 5.63. The first-order chi connectivity index (χ1) is 8.24. The number of thiazole rings is 1. The Kier molecular flexibility index (Phi) is 3.92. The Labute approximate surface area is 107 Å². The van der Waals surface area contributed by atoms with Crippen molar-refractivity contribution in [3.63, 3.8) is 0 Å². The standard InChI is InChI=1S/C14H18N2S/c1-3-11-6-4-5-7-12(11)8-13-10(2)16-14(9-15)17-13/h4-7H,3,8-9,15H2,1-2H3. The van der Waals surface area contributed by atoms with Crippen LogP contribution in [0.15, 0.2) is 24.3 Å². The van der Waals surface area contributed by atoms with Crippen LogP contribution in [0.4, 0.5) is 0 Å². The normalized spacial score (nSPS) is 10.8. The Morgan fingerprint density at radius 1 is 1.24 bits per heavy atom. The molecule has 17 heavy (non-hydrogen) atoms. The van der Waals surface area contributed by atoms with Crippen LogP contribution in [-0.4, -0.2) is 4.98 Å². The number of nitrogens with zero attached hydrogens (tertiary/aromatic N) is 1. The van der Waals surface area contributed by atoms with Gasteiger partial charge in [0.15, 0.2) is 0 Å². The third-order valence-corrected chi connectivity index (χ3v) is 4.14. The summed E-state index contributed by atoms with van der Waals surface area (Å²) in [4.78, 5) is 5.81. The van der Waals surface area contributed by atoms with Crippen LogP contribution in [0.3, 0.4) is 0 Å². The van der Waals surface area contributed by atoms with Crippen LogP contribution < -0.4 is 5.73 Å². The zero-order valence-corrected chi connectivity index (χ0v) is 11.2. The number of aromatic nitrogens is 1. The third kappa shape index (κ3) is 2.73. The molecule has 0 saturated heterocycles. The molecular weight excluding hydrogens is 228 g/mol. The van der Waals surface area contributed by atoms with Gasteiger partial charge in [-0.05, 0) is 24.5 Å². The highest BCUT2D eigenvalue weighted by molar-refractivity contribution is 7.11. The number of aryl methyl sites for hydroxylation is 2. The highest BCUT2D eigenvalue weighted by Crippen LogP contribution is 2.23.